The van der Waals surface area contributed by atoms with Crippen LogP contribution >= 0.6 is 0 Å². The van der Waals surface area contributed by atoms with Gasteiger partial charge in [0.25, 0.3) is 0 Å². The Kier molecular flexibility index (Phi) is 6.57. The molecule has 3 heteroatoms. The first-order valence-electron chi connectivity index (χ1n) is 7.07. The second-order valence-electron chi connectivity index (χ2n) is 5.56. The maximum absolute atomic E-state index is 4.27. The van der Waals surface area contributed by atoms with Gasteiger partial charge in [-0.1, -0.05) is 19.9 Å². The molecule has 106 valence electrons. The SMILES string of the molecule is C=CCN(c1cnccc1CNCC(C)C)C(C)C. The lowest BCUT2D eigenvalue weighted by atomic mass is 10.1. The van der Waals surface area contributed by atoms with Gasteiger partial charge in [0, 0.05) is 25.3 Å². The van der Waals surface area contributed by atoms with Crippen LogP contribution in [0.5, 0.6) is 0 Å². The van der Waals surface area contributed by atoms with Crippen molar-refractivity contribution >= 4 is 5.69 Å². The second kappa shape index (κ2) is 7.95. The van der Waals surface area contributed by atoms with Gasteiger partial charge in [0.15, 0.2) is 0 Å². The Morgan fingerprint density at radius 3 is 2.68 bits per heavy atom. The molecular weight excluding hydrogens is 234 g/mol. The quantitative estimate of drug-likeness (QED) is 0.728. The number of rotatable bonds is 8. The fourth-order valence-corrected chi connectivity index (χ4v) is 2.04. The first kappa shape index (κ1) is 15.7. The Labute approximate surface area is 117 Å². The molecule has 1 aromatic heterocycles. The highest BCUT2D eigenvalue weighted by molar-refractivity contribution is 5.52. The van der Waals surface area contributed by atoms with Gasteiger partial charge in [-0.15, -0.1) is 6.58 Å². The van der Waals surface area contributed by atoms with E-state index in [4.69, 9.17) is 0 Å². The lowest BCUT2D eigenvalue weighted by Gasteiger charge is -2.29. The van der Waals surface area contributed by atoms with Crippen LogP contribution in [0, 0.1) is 5.92 Å². The van der Waals surface area contributed by atoms with Crippen molar-refractivity contribution in [3.8, 4) is 0 Å². The molecule has 0 radical (unpaired) electrons. The van der Waals surface area contributed by atoms with E-state index in [2.05, 4.69) is 55.5 Å². The fraction of sp³-hybridized carbons (Fsp3) is 0.562. The molecule has 0 aromatic carbocycles. The molecule has 0 unspecified atom stereocenters. The van der Waals surface area contributed by atoms with Crippen LogP contribution in [0.2, 0.25) is 0 Å². The first-order valence-corrected chi connectivity index (χ1v) is 7.07. The summed E-state index contributed by atoms with van der Waals surface area (Å²) in [7, 11) is 0. The van der Waals surface area contributed by atoms with Crippen LogP contribution in [0.15, 0.2) is 31.1 Å². The lowest BCUT2D eigenvalue weighted by molar-refractivity contribution is 0.551. The summed E-state index contributed by atoms with van der Waals surface area (Å²) < 4.78 is 0. The van der Waals surface area contributed by atoms with E-state index in [0.717, 1.165) is 19.6 Å². The van der Waals surface area contributed by atoms with E-state index in [1.165, 1.54) is 11.3 Å². The Morgan fingerprint density at radius 2 is 2.11 bits per heavy atom. The number of anilines is 1. The second-order valence-corrected chi connectivity index (χ2v) is 5.56. The van der Waals surface area contributed by atoms with Crippen molar-refractivity contribution in [1.82, 2.24) is 10.3 Å². The maximum atomic E-state index is 4.27. The Bertz CT molecular complexity index is 385. The number of nitrogens with one attached hydrogen (secondary N) is 1. The van der Waals surface area contributed by atoms with Crippen LogP contribution in [0.3, 0.4) is 0 Å². The van der Waals surface area contributed by atoms with E-state index >= 15 is 0 Å². The third-order valence-corrected chi connectivity index (χ3v) is 3.01. The van der Waals surface area contributed by atoms with Crippen molar-refractivity contribution in [1.29, 1.82) is 0 Å². The van der Waals surface area contributed by atoms with Gasteiger partial charge >= 0.3 is 0 Å². The topological polar surface area (TPSA) is 28.2 Å². The van der Waals surface area contributed by atoms with E-state index in [9.17, 15) is 0 Å². The molecule has 0 aliphatic heterocycles. The minimum Gasteiger partial charge on any atom is -0.364 e. The van der Waals surface area contributed by atoms with Gasteiger partial charge in [-0.3, -0.25) is 4.98 Å². The van der Waals surface area contributed by atoms with Crippen LogP contribution in [-0.2, 0) is 6.54 Å². The van der Waals surface area contributed by atoms with E-state index in [-0.39, 0.29) is 0 Å². The first-order chi connectivity index (χ1) is 9.06. The number of hydrogen-bond donors (Lipinski definition) is 1. The maximum Gasteiger partial charge on any atom is 0.0603 e. The molecule has 19 heavy (non-hydrogen) atoms. The monoisotopic (exact) mass is 261 g/mol. The molecule has 0 spiro atoms. The zero-order chi connectivity index (χ0) is 14.3. The van der Waals surface area contributed by atoms with E-state index in [0.29, 0.717) is 12.0 Å². The summed E-state index contributed by atoms with van der Waals surface area (Å²) >= 11 is 0. The molecule has 0 fully saturated rings. The molecule has 1 aromatic rings. The normalized spacial score (nSPS) is 11.1. The standard InChI is InChI=1S/C16H27N3/c1-6-9-19(14(4)5)16-12-17-8-7-15(16)11-18-10-13(2)3/h6-8,12-14,18H,1,9-11H2,2-5H3. The average Bonchev–Trinajstić information content (AvgIpc) is 2.36. The van der Waals surface area contributed by atoms with Crippen molar-refractivity contribution in [2.45, 2.75) is 40.3 Å². The van der Waals surface area contributed by atoms with Gasteiger partial charge in [0.05, 0.1) is 11.9 Å². The molecule has 3 nitrogen and oxygen atoms in total. The Balaban J connectivity index is 2.83. The van der Waals surface area contributed by atoms with E-state index < -0.39 is 0 Å². The van der Waals surface area contributed by atoms with Gasteiger partial charge in [0.2, 0.25) is 0 Å². The minimum atomic E-state index is 0.436. The smallest absolute Gasteiger partial charge is 0.0603 e. The van der Waals surface area contributed by atoms with Gasteiger partial charge in [-0.05, 0) is 37.9 Å². The number of pyridine rings is 1. The van der Waals surface area contributed by atoms with E-state index in [1.807, 2.05) is 18.5 Å². The lowest BCUT2D eigenvalue weighted by Crippen LogP contribution is -2.32. The van der Waals surface area contributed by atoms with Crippen molar-refractivity contribution in [2.75, 3.05) is 18.0 Å². The summed E-state index contributed by atoms with van der Waals surface area (Å²) in [6, 6.07) is 2.53. The molecular formula is C16H27N3. The van der Waals surface area contributed by atoms with Gasteiger partial charge < -0.3 is 10.2 Å². The third-order valence-electron chi connectivity index (χ3n) is 3.01. The molecule has 1 N–H and O–H groups in total. The van der Waals surface area contributed by atoms with Crippen molar-refractivity contribution in [2.24, 2.45) is 5.92 Å². The predicted molar refractivity (Wildman–Crippen MR) is 83.5 cm³/mol. The molecule has 1 heterocycles. The van der Waals surface area contributed by atoms with Gasteiger partial charge in [-0.2, -0.15) is 0 Å². The summed E-state index contributed by atoms with van der Waals surface area (Å²) in [5.74, 6) is 0.666. The third kappa shape index (κ3) is 5.03. The zero-order valence-corrected chi connectivity index (χ0v) is 12.7. The summed E-state index contributed by atoms with van der Waals surface area (Å²) in [5.41, 5.74) is 2.50. The predicted octanol–water partition coefficient (Wildman–Crippen LogP) is 3.23. The molecule has 1 rings (SSSR count). The summed E-state index contributed by atoms with van der Waals surface area (Å²) in [6.07, 6.45) is 5.76. The summed E-state index contributed by atoms with van der Waals surface area (Å²) in [6.45, 7) is 15.4. The molecule has 0 aliphatic carbocycles. The van der Waals surface area contributed by atoms with Crippen LogP contribution in [0.1, 0.15) is 33.3 Å². The molecule has 0 atom stereocenters. The van der Waals surface area contributed by atoms with Gasteiger partial charge in [-0.25, -0.2) is 0 Å². The molecule has 0 aliphatic rings. The van der Waals surface area contributed by atoms with Crippen LogP contribution < -0.4 is 10.2 Å². The highest BCUT2D eigenvalue weighted by atomic mass is 15.2. The summed E-state index contributed by atoms with van der Waals surface area (Å²) in [4.78, 5) is 6.60. The fourth-order valence-electron chi connectivity index (χ4n) is 2.04. The molecule has 0 amide bonds. The van der Waals surface area contributed by atoms with Crippen LogP contribution in [0.4, 0.5) is 5.69 Å². The number of aromatic nitrogens is 1. The number of nitrogens with zero attached hydrogens (tertiary/aromatic N) is 2. The number of hydrogen-bond acceptors (Lipinski definition) is 3. The molecule has 0 saturated heterocycles. The summed E-state index contributed by atoms with van der Waals surface area (Å²) in [5, 5.41) is 3.50. The van der Waals surface area contributed by atoms with Crippen LogP contribution in [-0.4, -0.2) is 24.1 Å². The van der Waals surface area contributed by atoms with Crippen molar-refractivity contribution in [3.63, 3.8) is 0 Å². The highest BCUT2D eigenvalue weighted by Crippen LogP contribution is 2.21. The average molecular weight is 261 g/mol. The van der Waals surface area contributed by atoms with Crippen molar-refractivity contribution in [3.05, 3.63) is 36.7 Å². The minimum absolute atomic E-state index is 0.436. The largest absolute Gasteiger partial charge is 0.364 e. The van der Waals surface area contributed by atoms with Crippen molar-refractivity contribution < 1.29 is 0 Å². The van der Waals surface area contributed by atoms with E-state index in [1.54, 1.807) is 0 Å². The zero-order valence-electron chi connectivity index (χ0n) is 12.7. The van der Waals surface area contributed by atoms with Crippen LogP contribution in [0.25, 0.3) is 0 Å². The Hall–Kier alpha value is -1.35. The Morgan fingerprint density at radius 1 is 1.37 bits per heavy atom. The molecule has 0 saturated carbocycles. The highest BCUT2D eigenvalue weighted by Gasteiger charge is 2.13. The van der Waals surface area contributed by atoms with Gasteiger partial charge in [0.1, 0.15) is 0 Å². The molecule has 0 bridgehead atoms.